The van der Waals surface area contributed by atoms with Crippen LogP contribution in [-0.2, 0) is 9.47 Å². The predicted molar refractivity (Wildman–Crippen MR) is 69.8 cm³/mol. The average molecular weight is 259 g/mol. The van der Waals surface area contributed by atoms with Crippen LogP contribution in [0.4, 0.5) is 0 Å². The monoisotopic (exact) mass is 259 g/mol. The van der Waals surface area contributed by atoms with E-state index in [-0.39, 0.29) is 6.04 Å². The van der Waals surface area contributed by atoms with E-state index in [1.807, 2.05) is 24.1 Å². The molecule has 0 aromatic carbocycles. The molecule has 0 amide bonds. The predicted octanol–water partition coefficient (Wildman–Crippen LogP) is -0.596. The van der Waals surface area contributed by atoms with Gasteiger partial charge < -0.3 is 25.2 Å². The van der Waals surface area contributed by atoms with Gasteiger partial charge in [-0.25, -0.2) is 0 Å². The van der Waals surface area contributed by atoms with E-state index in [1.165, 1.54) is 0 Å². The minimum absolute atomic E-state index is 0.0750. The van der Waals surface area contributed by atoms with Crippen LogP contribution in [0.2, 0.25) is 0 Å². The maximum absolute atomic E-state index is 9.80. The summed E-state index contributed by atoms with van der Waals surface area (Å²) in [5, 5.41) is 9.80. The molecule has 18 heavy (non-hydrogen) atoms. The van der Waals surface area contributed by atoms with Gasteiger partial charge in [-0.2, -0.15) is 0 Å². The van der Waals surface area contributed by atoms with Crippen LogP contribution in [0, 0.1) is 0 Å². The highest BCUT2D eigenvalue weighted by Crippen LogP contribution is 2.06. The SMILES string of the molecule is COCCOC(O)N1CCN(/C=C/C(C)N)CC1. The van der Waals surface area contributed by atoms with Gasteiger partial charge in [-0.15, -0.1) is 0 Å². The van der Waals surface area contributed by atoms with Gasteiger partial charge in [-0.3, -0.25) is 4.90 Å². The van der Waals surface area contributed by atoms with Crippen LogP contribution >= 0.6 is 0 Å². The minimum Gasteiger partial charge on any atom is -0.382 e. The molecule has 0 spiro atoms. The Morgan fingerprint density at radius 2 is 1.94 bits per heavy atom. The molecule has 0 radical (unpaired) electrons. The fourth-order valence-electron chi connectivity index (χ4n) is 1.71. The van der Waals surface area contributed by atoms with Gasteiger partial charge >= 0.3 is 0 Å². The highest BCUT2D eigenvalue weighted by Gasteiger charge is 2.21. The second-order valence-corrected chi connectivity index (χ2v) is 4.46. The number of aliphatic hydroxyl groups excluding tert-OH is 1. The van der Waals surface area contributed by atoms with Gasteiger partial charge in [-0.1, -0.05) is 6.08 Å². The fraction of sp³-hybridized carbons (Fsp3) is 0.833. The van der Waals surface area contributed by atoms with Gasteiger partial charge in [0.2, 0.25) is 6.41 Å². The van der Waals surface area contributed by atoms with Gasteiger partial charge in [0.15, 0.2) is 0 Å². The number of rotatable bonds is 7. The van der Waals surface area contributed by atoms with E-state index < -0.39 is 6.41 Å². The molecule has 3 N–H and O–H groups in total. The normalized spacial score (nSPS) is 21.4. The van der Waals surface area contributed by atoms with Crippen LogP contribution in [0.3, 0.4) is 0 Å². The lowest BCUT2D eigenvalue weighted by molar-refractivity contribution is -0.203. The van der Waals surface area contributed by atoms with Crippen molar-refractivity contribution in [3.63, 3.8) is 0 Å². The van der Waals surface area contributed by atoms with E-state index in [0.717, 1.165) is 26.2 Å². The van der Waals surface area contributed by atoms with Crippen molar-refractivity contribution in [2.45, 2.75) is 19.4 Å². The zero-order valence-corrected chi connectivity index (χ0v) is 11.3. The Balaban J connectivity index is 2.21. The highest BCUT2D eigenvalue weighted by atomic mass is 16.6. The van der Waals surface area contributed by atoms with Crippen LogP contribution in [0.1, 0.15) is 6.92 Å². The van der Waals surface area contributed by atoms with Crippen LogP contribution in [-0.4, -0.2) is 73.9 Å². The zero-order valence-electron chi connectivity index (χ0n) is 11.3. The van der Waals surface area contributed by atoms with Crippen molar-refractivity contribution in [2.24, 2.45) is 5.73 Å². The largest absolute Gasteiger partial charge is 0.382 e. The lowest BCUT2D eigenvalue weighted by Gasteiger charge is -2.36. The summed E-state index contributed by atoms with van der Waals surface area (Å²) in [7, 11) is 1.61. The molecular weight excluding hydrogens is 234 g/mol. The topological polar surface area (TPSA) is 71.2 Å². The van der Waals surface area contributed by atoms with E-state index in [9.17, 15) is 5.11 Å². The summed E-state index contributed by atoms with van der Waals surface area (Å²) in [6, 6.07) is 0.0750. The molecule has 2 unspecified atom stereocenters. The first kappa shape index (κ1) is 15.4. The molecular formula is C12H25N3O3. The summed E-state index contributed by atoms with van der Waals surface area (Å²) in [5.74, 6) is 0. The van der Waals surface area contributed by atoms with Gasteiger partial charge in [0.25, 0.3) is 0 Å². The first-order chi connectivity index (χ1) is 8.63. The summed E-state index contributed by atoms with van der Waals surface area (Å²) >= 11 is 0. The second-order valence-electron chi connectivity index (χ2n) is 4.46. The molecule has 0 saturated carbocycles. The zero-order chi connectivity index (χ0) is 13.4. The molecule has 1 fully saturated rings. The number of hydrogen-bond donors (Lipinski definition) is 2. The maximum Gasteiger partial charge on any atom is 0.216 e. The van der Waals surface area contributed by atoms with Crippen molar-refractivity contribution in [1.82, 2.24) is 9.80 Å². The number of nitrogens with two attached hydrogens (primary N) is 1. The Hall–Kier alpha value is -0.660. The maximum atomic E-state index is 9.80. The summed E-state index contributed by atoms with van der Waals surface area (Å²) < 4.78 is 10.1. The third kappa shape index (κ3) is 5.79. The lowest BCUT2D eigenvalue weighted by Crippen LogP contribution is -2.49. The summed E-state index contributed by atoms with van der Waals surface area (Å²) in [6.45, 7) is 6.13. The van der Waals surface area contributed by atoms with Crippen molar-refractivity contribution >= 4 is 0 Å². The number of nitrogens with zero attached hydrogens (tertiary/aromatic N) is 2. The first-order valence-electron chi connectivity index (χ1n) is 6.34. The quantitative estimate of drug-likeness (QED) is 0.470. The van der Waals surface area contributed by atoms with Gasteiger partial charge in [-0.05, 0) is 13.1 Å². The molecule has 1 saturated heterocycles. The Kier molecular flexibility index (Phi) is 7.22. The third-order valence-corrected chi connectivity index (χ3v) is 2.82. The molecule has 1 rings (SSSR count). The van der Waals surface area contributed by atoms with Crippen molar-refractivity contribution in [2.75, 3.05) is 46.5 Å². The van der Waals surface area contributed by atoms with E-state index in [0.29, 0.717) is 13.2 Å². The molecule has 6 nitrogen and oxygen atoms in total. The molecule has 1 aliphatic rings. The molecule has 0 aromatic heterocycles. The van der Waals surface area contributed by atoms with Crippen LogP contribution in [0.25, 0.3) is 0 Å². The Bertz CT molecular complexity index is 241. The number of hydrogen-bond acceptors (Lipinski definition) is 6. The molecule has 0 aliphatic carbocycles. The molecule has 106 valence electrons. The summed E-state index contributed by atoms with van der Waals surface area (Å²) in [5.41, 5.74) is 5.66. The van der Waals surface area contributed by atoms with E-state index in [2.05, 4.69) is 4.90 Å². The number of piperazine rings is 1. The molecule has 2 atom stereocenters. The minimum atomic E-state index is -0.834. The van der Waals surface area contributed by atoms with Gasteiger partial charge in [0.1, 0.15) is 0 Å². The highest BCUT2D eigenvalue weighted by molar-refractivity contribution is 4.90. The number of aliphatic hydroxyl groups is 1. The third-order valence-electron chi connectivity index (χ3n) is 2.82. The summed E-state index contributed by atoms with van der Waals surface area (Å²) in [4.78, 5) is 4.10. The van der Waals surface area contributed by atoms with Gasteiger partial charge in [0, 0.05) is 39.3 Å². The average Bonchev–Trinajstić information content (AvgIpc) is 2.37. The van der Waals surface area contributed by atoms with Crippen molar-refractivity contribution in [1.29, 1.82) is 0 Å². The number of ether oxygens (including phenoxy) is 2. The van der Waals surface area contributed by atoms with E-state index in [4.69, 9.17) is 15.2 Å². The smallest absolute Gasteiger partial charge is 0.216 e. The Morgan fingerprint density at radius 1 is 1.28 bits per heavy atom. The van der Waals surface area contributed by atoms with Crippen LogP contribution in [0.5, 0.6) is 0 Å². The molecule has 0 bridgehead atoms. The standard InChI is InChI=1S/C12H25N3O3/c1-11(13)3-4-14-5-7-15(8-6-14)12(16)18-10-9-17-2/h3-4,11-12,16H,5-10,13H2,1-2H3/b4-3+. The Labute approximate surface area is 109 Å². The van der Waals surface area contributed by atoms with Crippen LogP contribution < -0.4 is 5.73 Å². The van der Waals surface area contributed by atoms with Crippen LogP contribution in [0.15, 0.2) is 12.3 Å². The lowest BCUT2D eigenvalue weighted by atomic mass is 10.3. The van der Waals surface area contributed by atoms with Crippen molar-refractivity contribution in [3.05, 3.63) is 12.3 Å². The fourth-order valence-corrected chi connectivity index (χ4v) is 1.71. The Morgan fingerprint density at radius 3 is 2.50 bits per heavy atom. The second kappa shape index (κ2) is 8.44. The van der Waals surface area contributed by atoms with Gasteiger partial charge in [0.05, 0.1) is 13.2 Å². The molecule has 6 heteroatoms. The van der Waals surface area contributed by atoms with E-state index >= 15 is 0 Å². The van der Waals surface area contributed by atoms with E-state index in [1.54, 1.807) is 7.11 Å². The summed E-state index contributed by atoms with van der Waals surface area (Å²) in [6.07, 6.45) is 3.17. The van der Waals surface area contributed by atoms with Crippen molar-refractivity contribution < 1.29 is 14.6 Å². The molecule has 1 aliphatic heterocycles. The van der Waals surface area contributed by atoms with Crippen molar-refractivity contribution in [3.8, 4) is 0 Å². The molecule has 1 heterocycles. The molecule has 0 aromatic rings. The first-order valence-corrected chi connectivity index (χ1v) is 6.34. The number of methoxy groups -OCH3 is 1.